The maximum atomic E-state index is 13.3. The number of amides is 2. The zero-order chi connectivity index (χ0) is 22.6. The largest absolute Gasteiger partial charge is 0.381 e. The standard InChI is InChI=1S/C27H34N2O3/c1-19(2)29-25(30)22-8-5-7-21(16-22)24-9-4-3-6-23(24)17-27(12-14-32-15-13-27)26(31)28-18-20-10-11-20/h3-9,16,19-20H,10-15,17-18H2,1-2H3,(H,28,31)(H,29,30). The van der Waals surface area contributed by atoms with Gasteiger partial charge in [0.05, 0.1) is 5.41 Å². The third-order valence-corrected chi connectivity index (χ3v) is 6.58. The van der Waals surface area contributed by atoms with Gasteiger partial charge in [-0.15, -0.1) is 0 Å². The second kappa shape index (κ2) is 9.86. The summed E-state index contributed by atoms with van der Waals surface area (Å²) in [6.07, 6.45) is 4.58. The van der Waals surface area contributed by atoms with Gasteiger partial charge in [-0.1, -0.05) is 36.4 Å². The van der Waals surface area contributed by atoms with Gasteiger partial charge in [0, 0.05) is 31.4 Å². The minimum atomic E-state index is -0.449. The molecule has 1 aliphatic heterocycles. The number of nitrogens with one attached hydrogen (secondary N) is 2. The molecular formula is C27H34N2O3. The Labute approximate surface area is 190 Å². The lowest BCUT2D eigenvalue weighted by Crippen LogP contribution is -2.46. The second-order valence-electron chi connectivity index (χ2n) is 9.59. The molecule has 1 saturated heterocycles. The van der Waals surface area contributed by atoms with Crippen LogP contribution in [-0.4, -0.2) is 37.6 Å². The highest BCUT2D eigenvalue weighted by Gasteiger charge is 2.41. The van der Waals surface area contributed by atoms with Crippen LogP contribution in [0.2, 0.25) is 0 Å². The molecule has 0 bridgehead atoms. The fraction of sp³-hybridized carbons (Fsp3) is 0.481. The molecule has 2 N–H and O–H groups in total. The van der Waals surface area contributed by atoms with Crippen molar-refractivity contribution in [1.29, 1.82) is 0 Å². The SMILES string of the molecule is CC(C)NC(=O)c1cccc(-c2ccccc2CC2(C(=O)NCC3CC3)CCOCC2)c1. The molecule has 1 saturated carbocycles. The topological polar surface area (TPSA) is 67.4 Å². The van der Waals surface area contributed by atoms with Crippen LogP contribution in [0.1, 0.15) is 55.5 Å². The monoisotopic (exact) mass is 434 g/mol. The fourth-order valence-electron chi connectivity index (χ4n) is 4.49. The van der Waals surface area contributed by atoms with Gasteiger partial charge >= 0.3 is 0 Å². The molecule has 1 aliphatic carbocycles. The molecule has 170 valence electrons. The quantitative estimate of drug-likeness (QED) is 0.649. The van der Waals surface area contributed by atoms with E-state index in [-0.39, 0.29) is 17.9 Å². The Kier molecular flexibility index (Phi) is 6.95. The van der Waals surface area contributed by atoms with Crippen LogP contribution in [0, 0.1) is 11.3 Å². The molecule has 2 aromatic carbocycles. The van der Waals surface area contributed by atoms with E-state index >= 15 is 0 Å². The molecule has 5 heteroatoms. The predicted octanol–water partition coefficient (Wildman–Crippen LogP) is 4.36. The van der Waals surface area contributed by atoms with Crippen molar-refractivity contribution in [1.82, 2.24) is 10.6 Å². The molecule has 2 amide bonds. The van der Waals surface area contributed by atoms with Gasteiger partial charge in [0.15, 0.2) is 0 Å². The fourth-order valence-corrected chi connectivity index (χ4v) is 4.49. The Hall–Kier alpha value is -2.66. The predicted molar refractivity (Wildman–Crippen MR) is 126 cm³/mol. The Bertz CT molecular complexity index is 959. The third kappa shape index (κ3) is 5.39. The number of carbonyl (C=O) groups excluding carboxylic acids is 2. The number of hydrogen-bond acceptors (Lipinski definition) is 3. The Morgan fingerprint density at radius 3 is 2.53 bits per heavy atom. The van der Waals surface area contributed by atoms with E-state index in [0.29, 0.717) is 31.1 Å². The minimum Gasteiger partial charge on any atom is -0.381 e. The van der Waals surface area contributed by atoms with Crippen molar-refractivity contribution in [3.05, 3.63) is 59.7 Å². The molecule has 2 aliphatic rings. The highest BCUT2D eigenvalue weighted by Crippen LogP contribution is 2.38. The van der Waals surface area contributed by atoms with E-state index in [4.69, 9.17) is 4.74 Å². The van der Waals surface area contributed by atoms with Crippen LogP contribution >= 0.6 is 0 Å². The summed E-state index contributed by atoms with van der Waals surface area (Å²) in [6, 6.07) is 16.1. The van der Waals surface area contributed by atoms with Crippen molar-refractivity contribution >= 4 is 11.8 Å². The van der Waals surface area contributed by atoms with Crippen LogP contribution in [0.3, 0.4) is 0 Å². The molecule has 0 unspecified atom stereocenters. The number of rotatable bonds is 8. The van der Waals surface area contributed by atoms with Gasteiger partial charge in [0.2, 0.25) is 5.91 Å². The van der Waals surface area contributed by atoms with Gasteiger partial charge in [-0.2, -0.15) is 0 Å². The lowest BCUT2D eigenvalue weighted by atomic mass is 9.73. The number of ether oxygens (including phenoxy) is 1. The lowest BCUT2D eigenvalue weighted by Gasteiger charge is -2.36. The van der Waals surface area contributed by atoms with Crippen LogP contribution in [0.4, 0.5) is 0 Å². The summed E-state index contributed by atoms with van der Waals surface area (Å²) in [7, 11) is 0. The molecule has 4 rings (SSSR count). The summed E-state index contributed by atoms with van der Waals surface area (Å²) in [6.45, 7) is 5.93. The second-order valence-corrected chi connectivity index (χ2v) is 9.59. The first-order chi connectivity index (χ1) is 15.5. The molecule has 2 fully saturated rings. The Morgan fingerprint density at radius 1 is 1.06 bits per heavy atom. The van der Waals surface area contributed by atoms with Crippen molar-refractivity contribution < 1.29 is 14.3 Å². The molecule has 0 radical (unpaired) electrons. The molecular weight excluding hydrogens is 400 g/mol. The van der Waals surface area contributed by atoms with Crippen molar-refractivity contribution in [3.8, 4) is 11.1 Å². The van der Waals surface area contributed by atoms with Crippen molar-refractivity contribution in [3.63, 3.8) is 0 Å². The highest BCUT2D eigenvalue weighted by molar-refractivity contribution is 5.95. The molecule has 32 heavy (non-hydrogen) atoms. The zero-order valence-corrected chi connectivity index (χ0v) is 19.2. The zero-order valence-electron chi connectivity index (χ0n) is 19.2. The van der Waals surface area contributed by atoms with Gasteiger partial charge < -0.3 is 15.4 Å². The van der Waals surface area contributed by atoms with Gasteiger partial charge in [0.25, 0.3) is 5.91 Å². The average molecular weight is 435 g/mol. The van der Waals surface area contributed by atoms with E-state index in [1.807, 2.05) is 50.2 Å². The molecule has 0 atom stereocenters. The van der Waals surface area contributed by atoms with Crippen molar-refractivity contribution in [2.24, 2.45) is 11.3 Å². The normalized spacial score (nSPS) is 17.7. The van der Waals surface area contributed by atoms with Crippen LogP contribution < -0.4 is 10.6 Å². The van der Waals surface area contributed by atoms with Crippen molar-refractivity contribution in [2.45, 2.75) is 52.0 Å². The Balaban J connectivity index is 1.61. The van der Waals surface area contributed by atoms with Gasteiger partial charge in [-0.05, 0) is 80.7 Å². The number of benzene rings is 2. The molecule has 2 aromatic rings. The summed E-state index contributed by atoms with van der Waals surface area (Å²) in [5.41, 5.74) is 3.41. The summed E-state index contributed by atoms with van der Waals surface area (Å²) >= 11 is 0. The Morgan fingerprint density at radius 2 is 1.81 bits per heavy atom. The van der Waals surface area contributed by atoms with E-state index in [0.717, 1.165) is 36.1 Å². The number of hydrogen-bond donors (Lipinski definition) is 2. The molecule has 0 aromatic heterocycles. The maximum Gasteiger partial charge on any atom is 0.251 e. The first-order valence-electron chi connectivity index (χ1n) is 11.8. The highest BCUT2D eigenvalue weighted by atomic mass is 16.5. The smallest absolute Gasteiger partial charge is 0.251 e. The van der Waals surface area contributed by atoms with Gasteiger partial charge in [-0.25, -0.2) is 0 Å². The van der Waals surface area contributed by atoms with Crippen molar-refractivity contribution in [2.75, 3.05) is 19.8 Å². The number of carbonyl (C=O) groups is 2. The van der Waals surface area contributed by atoms with Crippen LogP contribution in [-0.2, 0) is 16.0 Å². The minimum absolute atomic E-state index is 0.0697. The lowest BCUT2D eigenvalue weighted by molar-refractivity contribution is -0.136. The van der Waals surface area contributed by atoms with Gasteiger partial charge in [-0.3, -0.25) is 9.59 Å². The van der Waals surface area contributed by atoms with E-state index in [1.165, 1.54) is 12.8 Å². The van der Waals surface area contributed by atoms with Crippen LogP contribution in [0.25, 0.3) is 11.1 Å². The molecule has 5 nitrogen and oxygen atoms in total. The van der Waals surface area contributed by atoms with E-state index in [9.17, 15) is 9.59 Å². The third-order valence-electron chi connectivity index (χ3n) is 6.58. The first kappa shape index (κ1) is 22.5. The summed E-state index contributed by atoms with van der Waals surface area (Å²) in [5.74, 6) is 0.745. The molecule has 0 spiro atoms. The first-order valence-corrected chi connectivity index (χ1v) is 11.8. The molecule has 1 heterocycles. The van der Waals surface area contributed by atoms with E-state index in [2.05, 4.69) is 22.8 Å². The van der Waals surface area contributed by atoms with E-state index < -0.39 is 5.41 Å². The summed E-state index contributed by atoms with van der Waals surface area (Å²) in [5, 5.41) is 6.19. The maximum absolute atomic E-state index is 13.3. The summed E-state index contributed by atoms with van der Waals surface area (Å²) < 4.78 is 5.61. The summed E-state index contributed by atoms with van der Waals surface area (Å²) in [4.78, 5) is 25.9. The van der Waals surface area contributed by atoms with Crippen LogP contribution in [0.15, 0.2) is 48.5 Å². The average Bonchev–Trinajstić information content (AvgIpc) is 3.63. The van der Waals surface area contributed by atoms with Gasteiger partial charge in [0.1, 0.15) is 0 Å². The van der Waals surface area contributed by atoms with E-state index in [1.54, 1.807) is 0 Å². The van der Waals surface area contributed by atoms with Crippen LogP contribution in [0.5, 0.6) is 0 Å².